The van der Waals surface area contributed by atoms with Gasteiger partial charge in [0, 0.05) is 12.1 Å². The molecule has 0 fully saturated rings. The zero-order valence-corrected chi connectivity index (χ0v) is 18.7. The van der Waals surface area contributed by atoms with Gasteiger partial charge in [0.2, 0.25) is 10.0 Å². The molecule has 0 bridgehead atoms. The van der Waals surface area contributed by atoms with Crippen LogP contribution in [0.25, 0.3) is 10.8 Å². The Morgan fingerprint density at radius 1 is 1.09 bits per heavy atom. The highest BCUT2D eigenvalue weighted by molar-refractivity contribution is 7.89. The van der Waals surface area contributed by atoms with Gasteiger partial charge in [-0.2, -0.15) is 4.72 Å². The van der Waals surface area contributed by atoms with E-state index in [1.54, 1.807) is 18.2 Å². The average molecular weight is 492 g/mol. The van der Waals surface area contributed by atoms with E-state index in [9.17, 15) is 28.1 Å². The third kappa shape index (κ3) is 6.04. The molecule has 0 saturated carbocycles. The number of nitro groups is 1. The molecule has 3 rings (SSSR count). The fourth-order valence-corrected chi connectivity index (χ4v) is 3.99. The Balaban J connectivity index is 1.59. The lowest BCUT2D eigenvalue weighted by atomic mass is 10.1. The minimum atomic E-state index is -4.00. The second-order valence-corrected chi connectivity index (χ2v) is 9.05. The first-order valence-electron chi connectivity index (χ1n) is 9.49. The van der Waals surface area contributed by atoms with E-state index in [-0.39, 0.29) is 21.3 Å². The summed E-state index contributed by atoms with van der Waals surface area (Å²) in [7, 11) is -4.00. The Hall–Kier alpha value is -3.54. The number of nitrogens with zero attached hydrogens (tertiary/aromatic N) is 1. The van der Waals surface area contributed by atoms with Crippen molar-refractivity contribution in [2.24, 2.45) is 0 Å². The molecule has 12 heteroatoms. The van der Waals surface area contributed by atoms with Gasteiger partial charge in [-0.3, -0.25) is 19.7 Å². The number of esters is 1. The minimum Gasteiger partial charge on any atom is -0.452 e. The summed E-state index contributed by atoms with van der Waals surface area (Å²) in [6.45, 7) is 0.556. The number of benzene rings is 3. The maximum atomic E-state index is 12.5. The summed E-state index contributed by atoms with van der Waals surface area (Å²) in [5, 5.41) is 14.8. The van der Waals surface area contributed by atoms with Crippen LogP contribution < -0.4 is 10.0 Å². The van der Waals surface area contributed by atoms with Gasteiger partial charge in [0.25, 0.3) is 11.6 Å². The first kappa shape index (κ1) is 24.1. The fraction of sp³-hybridized carbons (Fsp3) is 0.143. The van der Waals surface area contributed by atoms with Crippen LogP contribution in [0, 0.1) is 10.1 Å². The molecule has 0 saturated heterocycles. The zero-order chi connectivity index (χ0) is 24.2. The molecule has 0 aliphatic carbocycles. The topological polar surface area (TPSA) is 145 Å². The van der Waals surface area contributed by atoms with Gasteiger partial charge in [0.1, 0.15) is 6.54 Å². The van der Waals surface area contributed by atoms with Gasteiger partial charge in [0.05, 0.1) is 20.5 Å². The summed E-state index contributed by atoms with van der Waals surface area (Å²) in [4.78, 5) is 34.5. The van der Waals surface area contributed by atoms with Crippen LogP contribution in [0.15, 0.2) is 65.6 Å². The number of nitro benzene ring substituents is 1. The second-order valence-electron chi connectivity index (χ2n) is 6.88. The van der Waals surface area contributed by atoms with E-state index in [1.807, 2.05) is 12.1 Å². The molecule has 3 aromatic rings. The number of carbonyl (C=O) groups excluding carboxylic acids is 2. The van der Waals surface area contributed by atoms with E-state index in [4.69, 9.17) is 16.3 Å². The number of rotatable bonds is 8. The summed E-state index contributed by atoms with van der Waals surface area (Å²) in [6, 6.07) is 15.2. The molecule has 10 nitrogen and oxygen atoms in total. The highest BCUT2D eigenvalue weighted by Crippen LogP contribution is 2.27. The van der Waals surface area contributed by atoms with Crippen molar-refractivity contribution in [1.29, 1.82) is 0 Å². The van der Waals surface area contributed by atoms with Crippen LogP contribution in [0.3, 0.4) is 0 Å². The van der Waals surface area contributed by atoms with Gasteiger partial charge in [-0.05, 0) is 35.9 Å². The number of amides is 1. The van der Waals surface area contributed by atoms with E-state index < -0.39 is 39.5 Å². The van der Waals surface area contributed by atoms with Crippen molar-refractivity contribution >= 4 is 55.6 Å². The molecular formula is C21H18ClN3O7S. The average Bonchev–Trinajstić information content (AvgIpc) is 2.78. The SMILES string of the molecule is C[C@H](OC(=O)CNS(=O)(=O)c1ccc2ccccc2c1)C(=O)Nc1cc([N+](=O)[O-])ccc1Cl. The fourth-order valence-electron chi connectivity index (χ4n) is 2.82. The maximum absolute atomic E-state index is 12.5. The number of sulfonamides is 1. The molecule has 0 aliphatic heterocycles. The van der Waals surface area contributed by atoms with Crippen LogP contribution in [-0.4, -0.2) is 37.9 Å². The number of carbonyl (C=O) groups is 2. The van der Waals surface area contributed by atoms with Gasteiger partial charge in [-0.1, -0.05) is 41.9 Å². The van der Waals surface area contributed by atoms with E-state index in [0.29, 0.717) is 5.39 Å². The number of ether oxygens (including phenoxy) is 1. The van der Waals surface area contributed by atoms with Crippen molar-refractivity contribution in [2.45, 2.75) is 17.9 Å². The standard InChI is InChI=1S/C21H18ClN3O7S/c1-13(21(27)24-19-11-16(25(28)29)7-9-18(19)22)32-20(26)12-23-33(30,31)17-8-6-14-4-2-3-5-15(14)10-17/h2-11,13,23H,12H2,1H3,(H,24,27)/t13-/m0/s1. The molecule has 0 radical (unpaired) electrons. The Bertz CT molecular complexity index is 1340. The smallest absolute Gasteiger partial charge is 0.321 e. The number of hydrogen-bond acceptors (Lipinski definition) is 7. The number of fused-ring (bicyclic) bond motifs is 1. The summed E-state index contributed by atoms with van der Waals surface area (Å²) in [5.41, 5.74) is -0.321. The molecule has 1 amide bonds. The quantitative estimate of drug-likeness (QED) is 0.279. The Morgan fingerprint density at radius 2 is 1.79 bits per heavy atom. The molecule has 0 spiro atoms. The molecule has 0 heterocycles. The Labute approximate surface area is 193 Å². The van der Waals surface area contributed by atoms with Crippen LogP contribution in [-0.2, 0) is 24.3 Å². The third-order valence-electron chi connectivity index (χ3n) is 4.53. The molecule has 0 aliphatic rings. The van der Waals surface area contributed by atoms with Gasteiger partial charge >= 0.3 is 5.97 Å². The molecule has 33 heavy (non-hydrogen) atoms. The second kappa shape index (κ2) is 9.94. The maximum Gasteiger partial charge on any atom is 0.321 e. The van der Waals surface area contributed by atoms with Gasteiger partial charge in [-0.25, -0.2) is 8.42 Å². The minimum absolute atomic E-state index is 0.0277. The van der Waals surface area contributed by atoms with E-state index in [0.717, 1.165) is 11.5 Å². The number of halogens is 1. The predicted octanol–water partition coefficient (Wildman–Crippen LogP) is 3.25. The molecular weight excluding hydrogens is 474 g/mol. The Kier molecular flexibility index (Phi) is 7.26. The largest absolute Gasteiger partial charge is 0.452 e. The lowest BCUT2D eigenvalue weighted by molar-refractivity contribution is -0.384. The first-order valence-corrected chi connectivity index (χ1v) is 11.4. The monoisotopic (exact) mass is 491 g/mol. The van der Waals surface area contributed by atoms with Crippen LogP contribution in [0.5, 0.6) is 0 Å². The van der Waals surface area contributed by atoms with Crippen molar-refractivity contribution in [2.75, 3.05) is 11.9 Å². The van der Waals surface area contributed by atoms with Crippen LogP contribution in [0.2, 0.25) is 5.02 Å². The molecule has 172 valence electrons. The number of hydrogen-bond donors (Lipinski definition) is 2. The molecule has 0 aromatic heterocycles. The van der Waals surface area contributed by atoms with Gasteiger partial charge in [-0.15, -0.1) is 0 Å². The summed E-state index contributed by atoms with van der Waals surface area (Å²) < 4.78 is 32.1. The predicted molar refractivity (Wildman–Crippen MR) is 121 cm³/mol. The van der Waals surface area contributed by atoms with Crippen molar-refractivity contribution < 1.29 is 27.7 Å². The van der Waals surface area contributed by atoms with Gasteiger partial charge < -0.3 is 10.1 Å². The summed E-state index contributed by atoms with van der Waals surface area (Å²) in [5.74, 6) is -1.80. The normalized spacial score (nSPS) is 12.2. The lowest BCUT2D eigenvalue weighted by Crippen LogP contribution is -2.35. The van der Waals surface area contributed by atoms with Crippen LogP contribution in [0.4, 0.5) is 11.4 Å². The summed E-state index contributed by atoms with van der Waals surface area (Å²) >= 11 is 5.93. The van der Waals surface area contributed by atoms with Crippen molar-refractivity contribution in [3.05, 3.63) is 75.8 Å². The first-order chi connectivity index (χ1) is 15.6. The third-order valence-corrected chi connectivity index (χ3v) is 6.26. The number of non-ortho nitro benzene ring substituents is 1. The van der Waals surface area contributed by atoms with Crippen LogP contribution in [0.1, 0.15) is 6.92 Å². The van der Waals surface area contributed by atoms with E-state index in [2.05, 4.69) is 10.0 Å². The summed E-state index contributed by atoms with van der Waals surface area (Å²) in [6.07, 6.45) is -1.32. The zero-order valence-electron chi connectivity index (χ0n) is 17.1. The Morgan fingerprint density at radius 3 is 2.48 bits per heavy atom. The number of nitrogens with one attached hydrogen (secondary N) is 2. The van der Waals surface area contributed by atoms with E-state index in [1.165, 1.54) is 31.2 Å². The van der Waals surface area contributed by atoms with Crippen molar-refractivity contribution in [3.8, 4) is 0 Å². The van der Waals surface area contributed by atoms with Crippen molar-refractivity contribution in [1.82, 2.24) is 4.72 Å². The highest BCUT2D eigenvalue weighted by Gasteiger charge is 2.22. The molecule has 1 atom stereocenters. The number of anilines is 1. The van der Waals surface area contributed by atoms with Crippen LogP contribution >= 0.6 is 11.6 Å². The van der Waals surface area contributed by atoms with Gasteiger partial charge in [0.15, 0.2) is 6.10 Å². The molecule has 2 N–H and O–H groups in total. The van der Waals surface area contributed by atoms with E-state index >= 15 is 0 Å². The highest BCUT2D eigenvalue weighted by atomic mass is 35.5. The molecule has 0 unspecified atom stereocenters. The van der Waals surface area contributed by atoms with Crippen molar-refractivity contribution in [3.63, 3.8) is 0 Å². The lowest BCUT2D eigenvalue weighted by Gasteiger charge is -2.14. The molecule has 3 aromatic carbocycles.